The molecule has 35 heavy (non-hydrogen) atoms. The number of benzene rings is 3. The molecule has 180 valence electrons. The summed E-state index contributed by atoms with van der Waals surface area (Å²) in [5, 5.41) is 1.48. The van der Waals surface area contributed by atoms with Gasteiger partial charge in [0.15, 0.2) is 11.5 Å². The lowest BCUT2D eigenvalue weighted by molar-refractivity contribution is 0.173. The van der Waals surface area contributed by atoms with Crippen LogP contribution in [-0.4, -0.2) is 23.1 Å². The molecular formula is C31H34N2O2. The summed E-state index contributed by atoms with van der Waals surface area (Å²) < 4.78 is 14.5. The Morgan fingerprint density at radius 1 is 0.886 bits per heavy atom. The molecule has 1 atom stereocenters. The van der Waals surface area contributed by atoms with Crippen LogP contribution in [0.15, 0.2) is 66.7 Å². The van der Waals surface area contributed by atoms with Gasteiger partial charge in [-0.25, -0.2) is 0 Å². The van der Waals surface area contributed by atoms with Gasteiger partial charge in [-0.1, -0.05) is 48.0 Å². The third kappa shape index (κ3) is 4.21. The molecule has 6 rings (SSSR count). The Kier molecular flexibility index (Phi) is 5.99. The molecule has 1 aliphatic heterocycles. The minimum Gasteiger partial charge on any atom is -0.493 e. The molecule has 0 saturated carbocycles. The second-order valence-corrected chi connectivity index (χ2v) is 10.0. The third-order valence-electron chi connectivity index (χ3n) is 7.71. The van der Waals surface area contributed by atoms with Crippen molar-refractivity contribution in [1.82, 2.24) is 9.47 Å². The lowest BCUT2D eigenvalue weighted by atomic mass is 9.90. The van der Waals surface area contributed by atoms with E-state index in [1.807, 2.05) is 18.2 Å². The lowest BCUT2D eigenvalue weighted by Gasteiger charge is -2.34. The summed E-state index contributed by atoms with van der Waals surface area (Å²) >= 11 is 0. The zero-order chi connectivity index (χ0) is 23.8. The number of rotatable bonds is 6. The molecule has 0 bridgehead atoms. The molecule has 1 unspecified atom stereocenters. The molecule has 0 saturated heterocycles. The largest absolute Gasteiger partial charge is 0.493 e. The number of aryl methyl sites for hydroxylation is 3. The van der Waals surface area contributed by atoms with Crippen molar-refractivity contribution in [1.29, 1.82) is 0 Å². The van der Waals surface area contributed by atoms with Crippen molar-refractivity contribution >= 4 is 10.9 Å². The van der Waals surface area contributed by atoms with Crippen molar-refractivity contribution in [2.24, 2.45) is 0 Å². The van der Waals surface area contributed by atoms with Gasteiger partial charge in [0.25, 0.3) is 0 Å². The van der Waals surface area contributed by atoms with Gasteiger partial charge in [-0.2, -0.15) is 0 Å². The van der Waals surface area contributed by atoms with Crippen LogP contribution < -0.4 is 9.47 Å². The highest BCUT2D eigenvalue weighted by atomic mass is 16.5. The van der Waals surface area contributed by atoms with Crippen LogP contribution in [0.5, 0.6) is 11.5 Å². The summed E-state index contributed by atoms with van der Waals surface area (Å²) in [4.78, 5) is 2.70. The van der Waals surface area contributed by atoms with Gasteiger partial charge in [0.05, 0.1) is 13.2 Å². The van der Waals surface area contributed by atoms with E-state index < -0.39 is 0 Å². The fourth-order valence-corrected chi connectivity index (χ4v) is 6.08. The van der Waals surface area contributed by atoms with Crippen molar-refractivity contribution in [3.8, 4) is 11.5 Å². The second kappa shape index (κ2) is 9.43. The van der Waals surface area contributed by atoms with Crippen LogP contribution in [0.3, 0.4) is 0 Å². The molecule has 1 aliphatic carbocycles. The number of aromatic nitrogens is 1. The third-order valence-corrected chi connectivity index (χ3v) is 7.71. The Labute approximate surface area is 208 Å². The minimum absolute atomic E-state index is 0.481. The first-order chi connectivity index (χ1) is 17.2. The quantitative estimate of drug-likeness (QED) is 0.312. The highest BCUT2D eigenvalue weighted by Crippen LogP contribution is 2.43. The van der Waals surface area contributed by atoms with Gasteiger partial charge in [0.1, 0.15) is 6.61 Å². The van der Waals surface area contributed by atoms with E-state index in [9.17, 15) is 0 Å². The average Bonchev–Trinajstić information content (AvgIpc) is 3.08. The van der Waals surface area contributed by atoms with Gasteiger partial charge >= 0.3 is 0 Å². The average molecular weight is 467 g/mol. The smallest absolute Gasteiger partial charge is 0.161 e. The molecule has 4 heteroatoms. The maximum atomic E-state index is 6.09. The molecule has 0 fully saturated rings. The molecule has 4 nitrogen and oxygen atoms in total. The summed E-state index contributed by atoms with van der Waals surface area (Å²) in [5.41, 5.74) is 8.38. The number of hydrogen-bond acceptors (Lipinski definition) is 3. The van der Waals surface area contributed by atoms with Gasteiger partial charge in [0.2, 0.25) is 0 Å². The Balaban J connectivity index is 1.26. The summed E-state index contributed by atoms with van der Waals surface area (Å²) in [5.74, 6) is 1.61. The van der Waals surface area contributed by atoms with Gasteiger partial charge in [0, 0.05) is 36.2 Å². The topological polar surface area (TPSA) is 26.6 Å². The fourth-order valence-electron chi connectivity index (χ4n) is 6.08. The van der Waals surface area contributed by atoms with E-state index in [0.717, 1.165) is 36.7 Å². The van der Waals surface area contributed by atoms with Crippen LogP contribution in [0, 0.1) is 6.92 Å². The van der Waals surface area contributed by atoms with Gasteiger partial charge in [-0.05, 0) is 73.6 Å². The number of fused-ring (bicyclic) bond motifs is 3. The molecule has 1 aromatic heterocycles. The second-order valence-electron chi connectivity index (χ2n) is 10.0. The van der Waals surface area contributed by atoms with Gasteiger partial charge in [-0.15, -0.1) is 0 Å². The summed E-state index contributed by atoms with van der Waals surface area (Å²) in [7, 11) is 1.73. The summed E-state index contributed by atoms with van der Waals surface area (Å²) in [6.07, 6.45) is 4.87. The maximum absolute atomic E-state index is 6.09. The summed E-state index contributed by atoms with van der Waals surface area (Å²) in [6, 6.07) is 24.2. The molecule has 0 spiro atoms. The Morgan fingerprint density at radius 3 is 2.63 bits per heavy atom. The maximum Gasteiger partial charge on any atom is 0.161 e. The highest BCUT2D eigenvalue weighted by molar-refractivity contribution is 5.87. The monoisotopic (exact) mass is 466 g/mol. The molecule has 0 N–H and O–H groups in total. The standard InChI is InChI=1S/C31H34N2O2/c1-22-12-14-27-26(18-22)25-10-6-11-28-31(25)33(27)17-7-16-32(28)20-24-13-15-29(30(19-24)34-2)35-21-23-8-4-3-5-9-23/h3-5,8-9,12-15,18-19,28H,6-7,10-11,16-17,20-21H2,1-2H3. The molecule has 2 heterocycles. The summed E-state index contributed by atoms with van der Waals surface area (Å²) in [6.45, 7) is 5.91. The highest BCUT2D eigenvalue weighted by Gasteiger charge is 2.33. The van der Waals surface area contributed by atoms with Gasteiger partial charge in [-0.3, -0.25) is 4.90 Å². The normalized spacial score (nSPS) is 17.7. The van der Waals surface area contributed by atoms with Crippen LogP contribution in [0.2, 0.25) is 0 Å². The molecule has 4 aromatic rings. The number of nitrogens with zero attached hydrogens (tertiary/aromatic N) is 2. The predicted octanol–water partition coefficient (Wildman–Crippen LogP) is 6.82. The Hall–Kier alpha value is -3.24. The predicted molar refractivity (Wildman–Crippen MR) is 141 cm³/mol. The van der Waals surface area contributed by atoms with Crippen molar-refractivity contribution in [2.75, 3.05) is 13.7 Å². The Morgan fingerprint density at radius 2 is 1.77 bits per heavy atom. The first kappa shape index (κ1) is 22.2. The van der Waals surface area contributed by atoms with Crippen LogP contribution in [-0.2, 0) is 26.1 Å². The van der Waals surface area contributed by atoms with Crippen molar-refractivity contribution in [2.45, 2.75) is 58.3 Å². The number of ether oxygens (including phenoxy) is 2. The van der Waals surface area contributed by atoms with E-state index in [-0.39, 0.29) is 0 Å². The van der Waals surface area contributed by atoms with Crippen molar-refractivity contribution in [3.63, 3.8) is 0 Å². The molecule has 3 aromatic carbocycles. The zero-order valence-corrected chi connectivity index (χ0v) is 20.8. The van der Waals surface area contributed by atoms with Crippen LogP contribution >= 0.6 is 0 Å². The van der Waals surface area contributed by atoms with Gasteiger partial charge < -0.3 is 14.0 Å². The number of hydrogen-bond donors (Lipinski definition) is 0. The SMILES string of the molecule is COc1cc(CN2CCCn3c4c(c5cc(C)ccc53)CCCC42)ccc1OCc1ccccc1. The molecule has 2 aliphatic rings. The van der Waals surface area contributed by atoms with E-state index in [1.54, 1.807) is 18.4 Å². The van der Waals surface area contributed by atoms with E-state index in [1.165, 1.54) is 47.7 Å². The van der Waals surface area contributed by atoms with E-state index in [4.69, 9.17) is 9.47 Å². The molecular weight excluding hydrogens is 432 g/mol. The Bertz CT molecular complexity index is 1340. The number of methoxy groups -OCH3 is 1. The first-order valence-corrected chi connectivity index (χ1v) is 12.9. The fraction of sp³-hybridized carbons (Fsp3) is 0.355. The van der Waals surface area contributed by atoms with E-state index in [0.29, 0.717) is 12.6 Å². The van der Waals surface area contributed by atoms with E-state index >= 15 is 0 Å². The van der Waals surface area contributed by atoms with Crippen LogP contribution in [0.25, 0.3) is 10.9 Å². The van der Waals surface area contributed by atoms with Crippen LogP contribution in [0.1, 0.15) is 53.3 Å². The van der Waals surface area contributed by atoms with E-state index in [2.05, 4.69) is 64.9 Å². The first-order valence-electron chi connectivity index (χ1n) is 12.9. The minimum atomic E-state index is 0.481. The zero-order valence-electron chi connectivity index (χ0n) is 20.8. The van der Waals surface area contributed by atoms with Crippen LogP contribution in [0.4, 0.5) is 0 Å². The van der Waals surface area contributed by atoms with Crippen molar-refractivity contribution < 1.29 is 9.47 Å². The molecule has 0 amide bonds. The van der Waals surface area contributed by atoms with Crippen molar-refractivity contribution in [3.05, 3.63) is 94.7 Å². The molecule has 0 radical (unpaired) electrons. The lowest BCUT2D eigenvalue weighted by Crippen LogP contribution is -2.31.